The predicted octanol–water partition coefficient (Wildman–Crippen LogP) is 5.17. The molecule has 5 nitrogen and oxygen atoms in total. The van der Waals surface area contributed by atoms with Gasteiger partial charge in [0.1, 0.15) is 0 Å². The number of piperidine rings is 1. The Bertz CT molecular complexity index is 973. The van der Waals surface area contributed by atoms with Gasteiger partial charge in [0.15, 0.2) is 0 Å². The van der Waals surface area contributed by atoms with E-state index in [1.54, 1.807) is 12.1 Å². The number of rotatable bonds is 2. The van der Waals surface area contributed by atoms with Crippen molar-refractivity contribution in [3.05, 3.63) is 64.2 Å². The Morgan fingerprint density at radius 2 is 1.83 bits per heavy atom. The van der Waals surface area contributed by atoms with E-state index in [0.29, 0.717) is 23.7 Å². The van der Waals surface area contributed by atoms with Crippen LogP contribution in [-0.4, -0.2) is 52.0 Å². The van der Waals surface area contributed by atoms with Crippen LogP contribution >= 0.6 is 23.4 Å². The third-order valence-electron chi connectivity index (χ3n) is 5.95. The molecule has 0 aromatic heterocycles. The molecule has 0 unspecified atom stereocenters. The van der Waals surface area contributed by atoms with E-state index in [2.05, 4.69) is 11.4 Å². The number of hydrogen-bond donors (Lipinski definition) is 1. The lowest BCUT2D eigenvalue weighted by molar-refractivity contribution is 0.0585. The first-order valence-electron chi connectivity index (χ1n) is 10.2. The summed E-state index contributed by atoms with van der Waals surface area (Å²) in [5.74, 6) is 0.942. The molecule has 2 aromatic carbocycles. The van der Waals surface area contributed by atoms with E-state index >= 15 is 0 Å². The molecule has 0 saturated carbocycles. The second kappa shape index (κ2) is 8.52. The molecule has 30 heavy (non-hydrogen) atoms. The third-order valence-corrected chi connectivity index (χ3v) is 7.74. The van der Waals surface area contributed by atoms with Gasteiger partial charge in [-0.05, 0) is 56.5 Å². The predicted molar refractivity (Wildman–Crippen MR) is 123 cm³/mol. The SMILES string of the molecule is Cc1ccc(NC(=O)N2CCC3(CC2)SCCN3C(=O)c2cccc(Cl)c2)c(C)c1. The molecule has 3 amide bonds. The Morgan fingerprint density at radius 1 is 1.07 bits per heavy atom. The molecule has 7 heteroatoms. The third kappa shape index (κ3) is 4.16. The lowest BCUT2D eigenvalue weighted by Crippen LogP contribution is -2.54. The van der Waals surface area contributed by atoms with Gasteiger partial charge in [-0.3, -0.25) is 4.79 Å². The Balaban J connectivity index is 1.42. The number of carbonyl (C=O) groups excluding carboxylic acids is 2. The number of likely N-dealkylation sites (tertiary alicyclic amines) is 1. The van der Waals surface area contributed by atoms with Crippen molar-refractivity contribution in [1.82, 2.24) is 9.80 Å². The van der Waals surface area contributed by atoms with Crippen LogP contribution in [0.3, 0.4) is 0 Å². The monoisotopic (exact) mass is 443 g/mol. The van der Waals surface area contributed by atoms with Gasteiger partial charge in [-0.2, -0.15) is 0 Å². The van der Waals surface area contributed by atoms with Crippen LogP contribution in [0.2, 0.25) is 5.02 Å². The minimum Gasteiger partial charge on any atom is -0.324 e. The number of urea groups is 1. The standard InChI is InChI=1S/C23H26ClN3O2S/c1-16-6-7-20(17(2)14-16)25-22(29)26-10-8-23(9-11-26)27(12-13-30-23)21(28)18-4-3-5-19(24)15-18/h3-7,14-15H,8-13H2,1-2H3,(H,25,29). The average Bonchev–Trinajstić information content (AvgIpc) is 3.13. The molecule has 2 saturated heterocycles. The highest BCUT2D eigenvalue weighted by atomic mass is 35.5. The van der Waals surface area contributed by atoms with Crippen LogP contribution in [0.1, 0.15) is 34.3 Å². The molecular weight excluding hydrogens is 418 g/mol. The second-order valence-electron chi connectivity index (χ2n) is 8.00. The molecule has 2 aliphatic heterocycles. The van der Waals surface area contributed by atoms with E-state index in [-0.39, 0.29) is 16.8 Å². The van der Waals surface area contributed by atoms with Crippen LogP contribution in [0.4, 0.5) is 10.5 Å². The van der Waals surface area contributed by atoms with Gasteiger partial charge in [-0.25, -0.2) is 4.79 Å². The first kappa shape index (κ1) is 21.1. The number of anilines is 1. The maximum atomic E-state index is 13.2. The summed E-state index contributed by atoms with van der Waals surface area (Å²) in [5.41, 5.74) is 3.70. The van der Waals surface area contributed by atoms with E-state index in [9.17, 15) is 9.59 Å². The molecule has 2 aliphatic rings. The first-order chi connectivity index (χ1) is 14.4. The molecule has 0 radical (unpaired) electrons. The number of halogens is 1. The summed E-state index contributed by atoms with van der Waals surface area (Å²) in [4.78, 5) is 29.6. The highest BCUT2D eigenvalue weighted by Gasteiger charge is 2.47. The maximum Gasteiger partial charge on any atom is 0.321 e. The number of amides is 3. The maximum absolute atomic E-state index is 13.2. The molecule has 2 aromatic rings. The topological polar surface area (TPSA) is 52.7 Å². The van der Waals surface area contributed by atoms with Crippen LogP contribution in [0.25, 0.3) is 0 Å². The van der Waals surface area contributed by atoms with E-state index < -0.39 is 0 Å². The molecule has 2 heterocycles. The van der Waals surface area contributed by atoms with Gasteiger partial charge >= 0.3 is 6.03 Å². The van der Waals surface area contributed by atoms with Gasteiger partial charge < -0.3 is 15.1 Å². The summed E-state index contributed by atoms with van der Waals surface area (Å²) >= 11 is 7.92. The molecule has 4 rings (SSSR count). The number of nitrogens with one attached hydrogen (secondary N) is 1. The summed E-state index contributed by atoms with van der Waals surface area (Å²) in [7, 11) is 0. The molecule has 1 N–H and O–H groups in total. The molecule has 2 fully saturated rings. The molecule has 0 bridgehead atoms. The van der Waals surface area contributed by atoms with E-state index in [0.717, 1.165) is 36.4 Å². The number of nitrogens with zero attached hydrogens (tertiary/aromatic N) is 2. The number of hydrogen-bond acceptors (Lipinski definition) is 3. The Kier molecular flexibility index (Phi) is 5.98. The van der Waals surface area contributed by atoms with Crippen LogP contribution in [-0.2, 0) is 0 Å². The van der Waals surface area contributed by atoms with Crippen molar-refractivity contribution in [3.63, 3.8) is 0 Å². The Morgan fingerprint density at radius 3 is 2.53 bits per heavy atom. The normalized spacial score (nSPS) is 18.0. The molecule has 158 valence electrons. The summed E-state index contributed by atoms with van der Waals surface area (Å²) < 4.78 is 0. The first-order valence-corrected chi connectivity index (χ1v) is 11.6. The molecular formula is C23H26ClN3O2S. The number of benzene rings is 2. The lowest BCUT2D eigenvalue weighted by atomic mass is 10.0. The zero-order chi connectivity index (χ0) is 21.3. The van der Waals surface area contributed by atoms with E-state index in [4.69, 9.17) is 11.6 Å². The highest BCUT2D eigenvalue weighted by Crippen LogP contribution is 2.44. The van der Waals surface area contributed by atoms with Crippen molar-refractivity contribution >= 4 is 41.0 Å². The summed E-state index contributed by atoms with van der Waals surface area (Å²) in [6, 6.07) is 13.1. The van der Waals surface area contributed by atoms with Crippen molar-refractivity contribution in [2.75, 3.05) is 30.7 Å². The summed E-state index contributed by atoms with van der Waals surface area (Å²) in [5, 5.41) is 3.61. The zero-order valence-electron chi connectivity index (χ0n) is 17.3. The summed E-state index contributed by atoms with van der Waals surface area (Å²) in [6.45, 7) is 6.03. The molecule has 0 atom stereocenters. The molecule has 0 aliphatic carbocycles. The Labute approximate surface area is 186 Å². The smallest absolute Gasteiger partial charge is 0.321 e. The van der Waals surface area contributed by atoms with Crippen LogP contribution in [0.15, 0.2) is 42.5 Å². The highest BCUT2D eigenvalue weighted by molar-refractivity contribution is 8.00. The van der Waals surface area contributed by atoms with Gasteiger partial charge in [-0.1, -0.05) is 35.4 Å². The molecule has 1 spiro atoms. The van der Waals surface area contributed by atoms with Crippen LogP contribution < -0.4 is 5.32 Å². The fourth-order valence-corrected chi connectivity index (χ4v) is 5.94. The fourth-order valence-electron chi connectivity index (χ4n) is 4.29. The largest absolute Gasteiger partial charge is 0.324 e. The zero-order valence-corrected chi connectivity index (χ0v) is 18.9. The van der Waals surface area contributed by atoms with Gasteiger partial charge in [0.05, 0.1) is 4.87 Å². The minimum atomic E-state index is -0.240. The number of carbonyl (C=O) groups is 2. The second-order valence-corrected chi connectivity index (χ2v) is 9.89. The fraction of sp³-hybridized carbons (Fsp3) is 0.391. The van der Waals surface area contributed by atoms with Crippen molar-refractivity contribution in [1.29, 1.82) is 0 Å². The lowest BCUT2D eigenvalue weighted by Gasteiger charge is -2.44. The number of thioether (sulfide) groups is 1. The van der Waals surface area contributed by atoms with Crippen molar-refractivity contribution < 1.29 is 9.59 Å². The number of aryl methyl sites for hydroxylation is 2. The average molecular weight is 444 g/mol. The van der Waals surface area contributed by atoms with Crippen molar-refractivity contribution in [2.24, 2.45) is 0 Å². The van der Waals surface area contributed by atoms with Gasteiger partial charge in [-0.15, -0.1) is 11.8 Å². The van der Waals surface area contributed by atoms with Crippen molar-refractivity contribution in [2.45, 2.75) is 31.6 Å². The minimum absolute atomic E-state index is 0.0238. The Hall–Kier alpha value is -2.18. The van der Waals surface area contributed by atoms with Gasteiger partial charge in [0, 0.05) is 41.7 Å². The van der Waals surface area contributed by atoms with Crippen molar-refractivity contribution in [3.8, 4) is 0 Å². The van der Waals surface area contributed by atoms with Gasteiger partial charge in [0.25, 0.3) is 5.91 Å². The van der Waals surface area contributed by atoms with Crippen LogP contribution in [0.5, 0.6) is 0 Å². The van der Waals surface area contributed by atoms with E-state index in [1.165, 1.54) is 5.56 Å². The van der Waals surface area contributed by atoms with Gasteiger partial charge in [0.2, 0.25) is 0 Å². The van der Waals surface area contributed by atoms with Crippen LogP contribution in [0, 0.1) is 13.8 Å². The quantitative estimate of drug-likeness (QED) is 0.696. The van der Waals surface area contributed by atoms with E-state index in [1.807, 2.05) is 59.7 Å². The summed E-state index contributed by atoms with van der Waals surface area (Å²) in [6.07, 6.45) is 1.54.